The highest BCUT2D eigenvalue weighted by atomic mass is 16.3. The van der Waals surface area contributed by atoms with Crippen molar-refractivity contribution in [3.05, 3.63) is 35.6 Å². The van der Waals surface area contributed by atoms with Gasteiger partial charge in [-0.1, -0.05) is 18.2 Å². The molecule has 0 bridgehead atoms. The summed E-state index contributed by atoms with van der Waals surface area (Å²) in [5.41, 5.74) is 1.67. The normalized spacial score (nSPS) is 16.6. The number of hydrogen-bond acceptors (Lipinski definition) is 4. The summed E-state index contributed by atoms with van der Waals surface area (Å²) in [6.07, 6.45) is 0. The molecule has 21 heavy (non-hydrogen) atoms. The standard InChI is InChI=1S/C16H20N2O3/c1-12-13-4-2-3-5-14(13)21-15(12)16(20)18-8-6-17(7-9-18)10-11-19/h2-5,19H,6-11H2,1H3. The topological polar surface area (TPSA) is 56.9 Å². The van der Waals surface area contributed by atoms with Gasteiger partial charge in [-0.15, -0.1) is 0 Å². The number of para-hydroxylation sites is 1. The Morgan fingerprint density at radius 3 is 2.62 bits per heavy atom. The minimum atomic E-state index is -0.0349. The van der Waals surface area contributed by atoms with Crippen LogP contribution >= 0.6 is 0 Å². The number of piperazine rings is 1. The molecule has 0 spiro atoms. The van der Waals surface area contributed by atoms with Crippen molar-refractivity contribution in [1.82, 2.24) is 9.80 Å². The first-order chi connectivity index (χ1) is 10.2. The maximum atomic E-state index is 12.6. The lowest BCUT2D eigenvalue weighted by Crippen LogP contribution is -2.49. The van der Waals surface area contributed by atoms with Crippen LogP contribution in [-0.2, 0) is 0 Å². The number of furan rings is 1. The minimum absolute atomic E-state index is 0.0349. The summed E-state index contributed by atoms with van der Waals surface area (Å²) in [7, 11) is 0. The lowest BCUT2D eigenvalue weighted by molar-refractivity contribution is 0.0586. The average Bonchev–Trinajstić information content (AvgIpc) is 2.85. The number of nitrogens with zero attached hydrogens (tertiary/aromatic N) is 2. The van der Waals surface area contributed by atoms with Crippen molar-refractivity contribution in [2.45, 2.75) is 6.92 Å². The number of aliphatic hydroxyl groups is 1. The fourth-order valence-corrected chi connectivity index (χ4v) is 2.84. The number of β-amino-alcohol motifs (C(OH)–C–C–N with tert-alkyl or cyclic N) is 1. The van der Waals surface area contributed by atoms with E-state index in [1.54, 1.807) is 0 Å². The van der Waals surface area contributed by atoms with Gasteiger partial charge in [0.15, 0.2) is 5.76 Å². The van der Waals surface area contributed by atoms with Crippen LogP contribution in [0.1, 0.15) is 16.1 Å². The van der Waals surface area contributed by atoms with Crippen molar-refractivity contribution >= 4 is 16.9 Å². The van der Waals surface area contributed by atoms with Crippen LogP contribution in [0.4, 0.5) is 0 Å². The fraction of sp³-hybridized carbons (Fsp3) is 0.438. The van der Waals surface area contributed by atoms with E-state index in [0.717, 1.165) is 29.6 Å². The molecule has 5 heteroatoms. The molecule has 1 N–H and O–H groups in total. The highest BCUT2D eigenvalue weighted by molar-refractivity contribution is 5.98. The van der Waals surface area contributed by atoms with E-state index >= 15 is 0 Å². The van der Waals surface area contributed by atoms with Gasteiger partial charge in [-0.3, -0.25) is 9.69 Å². The number of fused-ring (bicyclic) bond motifs is 1. The summed E-state index contributed by atoms with van der Waals surface area (Å²) >= 11 is 0. The number of amides is 1. The molecular weight excluding hydrogens is 268 g/mol. The lowest BCUT2D eigenvalue weighted by Gasteiger charge is -2.33. The van der Waals surface area contributed by atoms with Gasteiger partial charge in [0.25, 0.3) is 5.91 Å². The molecule has 2 heterocycles. The Balaban J connectivity index is 1.77. The Morgan fingerprint density at radius 2 is 1.95 bits per heavy atom. The number of aliphatic hydroxyl groups excluding tert-OH is 1. The van der Waals surface area contributed by atoms with E-state index in [9.17, 15) is 4.79 Å². The van der Waals surface area contributed by atoms with E-state index in [4.69, 9.17) is 9.52 Å². The van der Waals surface area contributed by atoms with Crippen LogP contribution in [0.5, 0.6) is 0 Å². The van der Waals surface area contributed by atoms with Crippen LogP contribution in [0.15, 0.2) is 28.7 Å². The second kappa shape index (κ2) is 5.87. The van der Waals surface area contributed by atoms with E-state index in [0.29, 0.717) is 25.4 Å². The van der Waals surface area contributed by atoms with E-state index in [-0.39, 0.29) is 12.5 Å². The zero-order valence-corrected chi connectivity index (χ0v) is 12.2. The van der Waals surface area contributed by atoms with E-state index in [1.165, 1.54) is 0 Å². The molecule has 1 aromatic carbocycles. The second-order valence-electron chi connectivity index (χ2n) is 5.41. The first-order valence-electron chi connectivity index (χ1n) is 7.31. The lowest BCUT2D eigenvalue weighted by atomic mass is 10.1. The molecule has 112 valence electrons. The third kappa shape index (κ3) is 2.66. The summed E-state index contributed by atoms with van der Waals surface area (Å²) in [4.78, 5) is 16.6. The maximum absolute atomic E-state index is 12.6. The predicted molar refractivity (Wildman–Crippen MR) is 80.4 cm³/mol. The third-order valence-corrected chi connectivity index (χ3v) is 4.11. The van der Waals surface area contributed by atoms with Crippen LogP contribution in [0, 0.1) is 6.92 Å². The molecule has 2 aromatic rings. The number of carbonyl (C=O) groups is 1. The Hall–Kier alpha value is -1.85. The fourth-order valence-electron chi connectivity index (χ4n) is 2.84. The summed E-state index contributed by atoms with van der Waals surface area (Å²) in [6, 6.07) is 7.72. The second-order valence-corrected chi connectivity index (χ2v) is 5.41. The molecule has 0 unspecified atom stereocenters. The molecular formula is C16H20N2O3. The molecule has 0 saturated carbocycles. The largest absolute Gasteiger partial charge is 0.451 e. The van der Waals surface area contributed by atoms with Crippen molar-refractivity contribution in [3.8, 4) is 0 Å². The van der Waals surface area contributed by atoms with Gasteiger partial charge in [-0.25, -0.2) is 0 Å². The van der Waals surface area contributed by atoms with Crippen molar-refractivity contribution in [1.29, 1.82) is 0 Å². The molecule has 1 aliphatic heterocycles. The van der Waals surface area contributed by atoms with Crippen molar-refractivity contribution < 1.29 is 14.3 Å². The first kappa shape index (κ1) is 14.1. The van der Waals surface area contributed by atoms with Crippen LogP contribution < -0.4 is 0 Å². The van der Waals surface area contributed by atoms with Crippen LogP contribution in [-0.4, -0.2) is 60.1 Å². The number of carbonyl (C=O) groups excluding carboxylic acids is 1. The van der Waals surface area contributed by atoms with Crippen molar-refractivity contribution in [2.24, 2.45) is 0 Å². The van der Waals surface area contributed by atoms with Crippen molar-refractivity contribution in [3.63, 3.8) is 0 Å². The molecule has 1 aliphatic rings. The number of benzene rings is 1. The van der Waals surface area contributed by atoms with E-state index in [1.807, 2.05) is 36.1 Å². The quantitative estimate of drug-likeness (QED) is 0.929. The molecule has 1 fully saturated rings. The van der Waals surface area contributed by atoms with Gasteiger partial charge in [0.2, 0.25) is 0 Å². The van der Waals surface area contributed by atoms with Gasteiger partial charge in [-0.05, 0) is 13.0 Å². The third-order valence-electron chi connectivity index (χ3n) is 4.11. The van der Waals surface area contributed by atoms with Gasteiger partial charge < -0.3 is 14.4 Å². The Morgan fingerprint density at radius 1 is 1.24 bits per heavy atom. The molecule has 5 nitrogen and oxygen atoms in total. The Labute approximate surface area is 123 Å². The van der Waals surface area contributed by atoms with Gasteiger partial charge in [0.1, 0.15) is 5.58 Å². The molecule has 1 aromatic heterocycles. The maximum Gasteiger partial charge on any atom is 0.289 e. The minimum Gasteiger partial charge on any atom is -0.451 e. The van der Waals surface area contributed by atoms with Gasteiger partial charge in [-0.2, -0.15) is 0 Å². The molecule has 0 atom stereocenters. The number of rotatable bonds is 3. The van der Waals surface area contributed by atoms with Crippen LogP contribution in [0.2, 0.25) is 0 Å². The Kier molecular flexibility index (Phi) is 3.94. The van der Waals surface area contributed by atoms with Crippen LogP contribution in [0.25, 0.3) is 11.0 Å². The molecule has 0 aliphatic carbocycles. The highest BCUT2D eigenvalue weighted by Gasteiger charge is 2.26. The molecule has 3 rings (SSSR count). The summed E-state index contributed by atoms with van der Waals surface area (Å²) in [5.74, 6) is 0.416. The summed E-state index contributed by atoms with van der Waals surface area (Å²) < 4.78 is 5.74. The first-order valence-corrected chi connectivity index (χ1v) is 7.31. The zero-order chi connectivity index (χ0) is 14.8. The monoisotopic (exact) mass is 288 g/mol. The smallest absolute Gasteiger partial charge is 0.289 e. The molecule has 1 saturated heterocycles. The number of hydrogen-bond donors (Lipinski definition) is 1. The van der Waals surface area contributed by atoms with E-state index in [2.05, 4.69) is 4.90 Å². The van der Waals surface area contributed by atoms with E-state index < -0.39 is 0 Å². The molecule has 1 amide bonds. The zero-order valence-electron chi connectivity index (χ0n) is 12.2. The summed E-state index contributed by atoms with van der Waals surface area (Å²) in [5, 5.41) is 9.95. The Bertz CT molecular complexity index is 642. The average molecular weight is 288 g/mol. The highest BCUT2D eigenvalue weighted by Crippen LogP contribution is 2.26. The SMILES string of the molecule is Cc1c(C(=O)N2CCN(CCO)CC2)oc2ccccc12. The van der Waals surface area contributed by atoms with Crippen LogP contribution in [0.3, 0.4) is 0 Å². The predicted octanol–water partition coefficient (Wildman–Crippen LogP) is 1.49. The van der Waals surface area contributed by atoms with Gasteiger partial charge in [0, 0.05) is 43.7 Å². The van der Waals surface area contributed by atoms with Gasteiger partial charge >= 0.3 is 0 Å². The molecule has 0 radical (unpaired) electrons. The van der Waals surface area contributed by atoms with Crippen molar-refractivity contribution in [2.75, 3.05) is 39.3 Å². The van der Waals surface area contributed by atoms with Gasteiger partial charge in [0.05, 0.1) is 6.61 Å². The number of aryl methyl sites for hydroxylation is 1. The summed E-state index contributed by atoms with van der Waals surface area (Å²) in [6.45, 7) is 5.71.